The molecule has 0 aromatic heterocycles. The summed E-state index contributed by atoms with van der Waals surface area (Å²) in [5.74, 6) is -2.44. The van der Waals surface area contributed by atoms with Crippen LogP contribution < -0.4 is 31.9 Å². The third-order valence-corrected chi connectivity index (χ3v) is 9.38. The van der Waals surface area contributed by atoms with Crippen molar-refractivity contribution in [2.24, 2.45) is 5.92 Å². The third-order valence-electron chi connectivity index (χ3n) is 7.34. The van der Waals surface area contributed by atoms with Crippen molar-refractivity contribution in [2.45, 2.75) is 82.3 Å². The summed E-state index contributed by atoms with van der Waals surface area (Å²) in [6, 6.07) is 5.22. The number of benzene rings is 1. The topological polar surface area (TPSA) is 175 Å². The summed E-state index contributed by atoms with van der Waals surface area (Å²) in [5, 5.41) is 16.6. The Hall–Kier alpha value is -3.13. The maximum absolute atomic E-state index is 13.2. The molecule has 236 valence electrons. The molecular weight excluding hydrogens is 640 g/mol. The molecule has 2 aliphatic heterocycles. The van der Waals surface area contributed by atoms with Gasteiger partial charge in [-0.15, -0.1) is 0 Å². The van der Waals surface area contributed by atoms with Gasteiger partial charge in [-0.2, -0.15) is 11.8 Å². The second-order valence-corrected chi connectivity index (χ2v) is 13.2. The molecule has 0 spiro atoms. The summed E-state index contributed by atoms with van der Waals surface area (Å²) in [7, 11) is 0. The van der Waals surface area contributed by atoms with E-state index in [1.807, 2.05) is 11.8 Å². The highest BCUT2D eigenvalue weighted by Crippen LogP contribution is 2.33. The van der Waals surface area contributed by atoms with Crippen LogP contribution >= 0.6 is 27.7 Å². The summed E-state index contributed by atoms with van der Waals surface area (Å²) in [6.07, 6.45) is 2.72. The van der Waals surface area contributed by atoms with E-state index in [0.29, 0.717) is 11.7 Å². The summed E-state index contributed by atoms with van der Waals surface area (Å²) in [5.41, 5.74) is 0.743. The van der Waals surface area contributed by atoms with E-state index >= 15 is 0 Å². The van der Waals surface area contributed by atoms with Crippen LogP contribution in [0.1, 0.15) is 52.0 Å². The van der Waals surface area contributed by atoms with Gasteiger partial charge in [0.05, 0.1) is 18.6 Å². The third kappa shape index (κ3) is 10.5. The fourth-order valence-corrected chi connectivity index (χ4v) is 6.84. The Balaban J connectivity index is 1.46. The Morgan fingerprint density at radius 2 is 1.72 bits per heavy atom. The van der Waals surface area contributed by atoms with Gasteiger partial charge >= 0.3 is 6.03 Å². The number of urea groups is 1. The van der Waals surface area contributed by atoms with Crippen molar-refractivity contribution in [3.63, 3.8) is 0 Å². The van der Waals surface area contributed by atoms with E-state index in [0.717, 1.165) is 28.6 Å². The number of hydrogen-bond donors (Lipinski definition) is 6. The molecule has 12 nitrogen and oxygen atoms in total. The number of ketones is 1. The van der Waals surface area contributed by atoms with E-state index in [9.17, 15) is 28.8 Å². The predicted molar refractivity (Wildman–Crippen MR) is 167 cm³/mol. The molecule has 1 aromatic rings. The summed E-state index contributed by atoms with van der Waals surface area (Å²) in [6.45, 7) is 5.15. The molecule has 3 rings (SSSR count). The fourth-order valence-electron chi connectivity index (χ4n) is 5.03. The van der Waals surface area contributed by atoms with E-state index in [1.54, 1.807) is 45.0 Å². The number of rotatable bonds is 16. The summed E-state index contributed by atoms with van der Waals surface area (Å²) < 4.78 is 0.848. The van der Waals surface area contributed by atoms with Gasteiger partial charge in [-0.05, 0) is 43.4 Å². The average molecular weight is 682 g/mol. The second kappa shape index (κ2) is 16.6. The van der Waals surface area contributed by atoms with Gasteiger partial charge in [0.2, 0.25) is 23.5 Å². The van der Waals surface area contributed by atoms with E-state index in [2.05, 4.69) is 47.8 Å². The molecule has 6 N–H and O–H groups in total. The van der Waals surface area contributed by atoms with Crippen molar-refractivity contribution in [2.75, 3.05) is 18.8 Å². The zero-order valence-electron chi connectivity index (χ0n) is 24.7. The van der Waals surface area contributed by atoms with Gasteiger partial charge in [0.15, 0.2) is 0 Å². The van der Waals surface area contributed by atoms with Crippen LogP contribution in [0.2, 0.25) is 0 Å². The molecule has 0 saturated carbocycles. The molecule has 2 fully saturated rings. The number of likely N-dealkylation sites (N-methyl/N-ethyl adjacent to an activating group) is 1. The van der Waals surface area contributed by atoms with E-state index in [1.165, 1.54) is 0 Å². The van der Waals surface area contributed by atoms with Gasteiger partial charge in [0.1, 0.15) is 12.1 Å². The second-order valence-electron chi connectivity index (χ2n) is 11.0. The number of Topliss-reactive ketones (excluding diaryl/α,β-unsaturated/α-hetero) is 1. The molecule has 1 unspecified atom stereocenters. The highest BCUT2D eigenvalue weighted by Gasteiger charge is 2.42. The molecule has 0 radical (unpaired) electrons. The molecule has 2 saturated heterocycles. The normalized spacial score (nSPS) is 20.3. The van der Waals surface area contributed by atoms with E-state index in [4.69, 9.17) is 0 Å². The van der Waals surface area contributed by atoms with Gasteiger partial charge in [-0.3, -0.25) is 24.0 Å². The summed E-state index contributed by atoms with van der Waals surface area (Å²) >= 11 is 5.19. The van der Waals surface area contributed by atoms with Gasteiger partial charge in [-0.1, -0.05) is 48.3 Å². The zero-order chi connectivity index (χ0) is 31.5. The Bertz CT molecular complexity index is 1180. The quantitative estimate of drug-likeness (QED) is 0.0863. The van der Waals surface area contributed by atoms with Gasteiger partial charge in [0.25, 0.3) is 5.91 Å². The van der Waals surface area contributed by atoms with Crippen molar-refractivity contribution in [1.82, 2.24) is 31.9 Å². The van der Waals surface area contributed by atoms with Crippen LogP contribution in [0.3, 0.4) is 0 Å². The van der Waals surface area contributed by atoms with Gasteiger partial charge in [0, 0.05) is 34.9 Å². The van der Waals surface area contributed by atoms with Gasteiger partial charge in [-0.25, -0.2) is 4.79 Å². The molecule has 6 amide bonds. The molecule has 14 heteroatoms. The lowest BCUT2D eigenvalue weighted by Crippen LogP contribution is -2.57. The number of carbonyl (C=O) groups is 6. The molecule has 5 atom stereocenters. The van der Waals surface area contributed by atoms with Crippen LogP contribution in [-0.4, -0.2) is 83.7 Å². The Morgan fingerprint density at radius 3 is 2.40 bits per heavy atom. The largest absolute Gasteiger partial charge is 0.350 e. The first-order valence-corrected chi connectivity index (χ1v) is 16.4. The zero-order valence-corrected chi connectivity index (χ0v) is 27.1. The minimum Gasteiger partial charge on any atom is -0.350 e. The lowest BCUT2D eigenvalue weighted by atomic mass is 9.99. The molecule has 2 heterocycles. The average Bonchev–Trinajstić information content (AvgIpc) is 3.52. The van der Waals surface area contributed by atoms with E-state index in [-0.39, 0.29) is 55.9 Å². The smallest absolute Gasteiger partial charge is 0.315 e. The molecule has 0 bridgehead atoms. The SMILES string of the molecule is CCNC(=O)C(=O)[C@H](Cc1ccc(Br)cc1)NC(=O)[C@@H](NC(=O)CNC(=O)CCCCC1SC[C@@H]2NC(=O)N[C@H]12)C(C)C. The Labute approximate surface area is 264 Å². The van der Waals surface area contributed by atoms with Crippen LogP contribution in [0.25, 0.3) is 0 Å². The van der Waals surface area contributed by atoms with Crippen molar-refractivity contribution < 1.29 is 28.8 Å². The van der Waals surface area contributed by atoms with Crippen LogP contribution in [0.5, 0.6) is 0 Å². The minimum absolute atomic E-state index is 0.0933. The van der Waals surface area contributed by atoms with E-state index < -0.39 is 35.6 Å². The van der Waals surface area contributed by atoms with Crippen LogP contribution in [0.15, 0.2) is 28.7 Å². The maximum Gasteiger partial charge on any atom is 0.315 e. The number of halogens is 1. The first-order chi connectivity index (χ1) is 20.5. The number of amides is 6. The lowest BCUT2D eigenvalue weighted by Gasteiger charge is -2.25. The van der Waals surface area contributed by atoms with Crippen molar-refractivity contribution in [3.05, 3.63) is 34.3 Å². The predicted octanol–water partition coefficient (Wildman–Crippen LogP) is 1.16. The molecule has 1 aromatic carbocycles. The Morgan fingerprint density at radius 1 is 1.00 bits per heavy atom. The van der Waals surface area contributed by atoms with Crippen molar-refractivity contribution >= 4 is 63.1 Å². The standard InChI is InChI=1S/C29H41BrN6O6S/c1-4-31-28(41)26(39)19(13-17-9-11-18(30)12-10-17)33-27(40)24(16(2)3)35-23(38)14-32-22(37)8-6-5-7-21-25-20(15-43-21)34-29(42)36-25/h9-12,16,19-21,24-25H,4-8,13-15H2,1-3H3,(H,31,41)(H,32,37)(H,33,40)(H,35,38)(H2,34,36,42)/t19-,20-,21?,24-,25-/m0/s1. The highest BCUT2D eigenvalue weighted by atomic mass is 79.9. The number of carbonyl (C=O) groups excluding carboxylic acids is 6. The molecule has 43 heavy (non-hydrogen) atoms. The Kier molecular flexibility index (Phi) is 13.3. The number of unbranched alkanes of at least 4 members (excludes halogenated alkanes) is 1. The van der Waals surface area contributed by atoms with Gasteiger partial charge < -0.3 is 31.9 Å². The molecule has 0 aliphatic carbocycles. The number of fused-ring (bicyclic) bond motifs is 1. The highest BCUT2D eigenvalue weighted by molar-refractivity contribution is 9.10. The van der Waals surface area contributed by atoms with Crippen LogP contribution in [0, 0.1) is 5.92 Å². The first kappa shape index (κ1) is 34.4. The fraction of sp³-hybridized carbons (Fsp3) is 0.586. The number of nitrogens with one attached hydrogen (secondary N) is 6. The first-order valence-electron chi connectivity index (χ1n) is 14.6. The lowest BCUT2D eigenvalue weighted by molar-refractivity contribution is -0.140. The molecular formula is C29H41BrN6O6S. The van der Waals surface area contributed by atoms with Crippen molar-refractivity contribution in [3.8, 4) is 0 Å². The van der Waals surface area contributed by atoms with Crippen molar-refractivity contribution in [1.29, 1.82) is 0 Å². The minimum atomic E-state index is -1.13. The number of hydrogen-bond acceptors (Lipinski definition) is 7. The molecule has 2 aliphatic rings. The maximum atomic E-state index is 13.2. The van der Waals surface area contributed by atoms with Crippen LogP contribution in [0.4, 0.5) is 4.79 Å². The summed E-state index contributed by atoms with van der Waals surface area (Å²) in [4.78, 5) is 74.9. The number of thioether (sulfide) groups is 1. The monoisotopic (exact) mass is 680 g/mol. The van der Waals surface area contributed by atoms with Crippen LogP contribution in [-0.2, 0) is 30.4 Å².